The van der Waals surface area contributed by atoms with Gasteiger partial charge < -0.3 is 10.2 Å². The lowest BCUT2D eigenvalue weighted by Gasteiger charge is -2.47. The molecule has 0 aromatic heterocycles. The van der Waals surface area contributed by atoms with E-state index >= 15 is 0 Å². The van der Waals surface area contributed by atoms with Crippen molar-refractivity contribution >= 4 is 0 Å². The molecule has 0 saturated heterocycles. The lowest BCUT2D eigenvalue weighted by Crippen LogP contribution is -2.43. The van der Waals surface area contributed by atoms with Gasteiger partial charge in [0, 0.05) is 13.2 Å². The van der Waals surface area contributed by atoms with Crippen LogP contribution in [0.4, 0.5) is 0 Å². The zero-order chi connectivity index (χ0) is 8.55. The standard InChI is InChI=1S/C10H18O2/c11-5-9-7-1-2-8(4-3-7)10(9)6-12/h7-12H,1-6H2/t7?,8?,9-,10-/m1/s1. The van der Waals surface area contributed by atoms with Crippen LogP contribution in [0.15, 0.2) is 0 Å². The van der Waals surface area contributed by atoms with Gasteiger partial charge in [-0.1, -0.05) is 0 Å². The van der Waals surface area contributed by atoms with E-state index < -0.39 is 0 Å². The first-order valence-corrected chi connectivity index (χ1v) is 5.08. The van der Waals surface area contributed by atoms with Gasteiger partial charge in [0.2, 0.25) is 0 Å². The lowest BCUT2D eigenvalue weighted by molar-refractivity contribution is -0.0351. The highest BCUT2D eigenvalue weighted by atomic mass is 16.3. The van der Waals surface area contributed by atoms with E-state index in [1.807, 2.05) is 0 Å². The minimum absolute atomic E-state index is 0.284. The lowest BCUT2D eigenvalue weighted by atomic mass is 9.59. The summed E-state index contributed by atoms with van der Waals surface area (Å²) in [6.07, 6.45) is 5.14. The van der Waals surface area contributed by atoms with Gasteiger partial charge in [0.15, 0.2) is 0 Å². The zero-order valence-electron chi connectivity index (χ0n) is 7.45. The predicted molar refractivity (Wildman–Crippen MR) is 46.6 cm³/mol. The molecule has 0 amide bonds. The average Bonchev–Trinajstić information content (AvgIpc) is 2.18. The van der Waals surface area contributed by atoms with Gasteiger partial charge in [-0.15, -0.1) is 0 Å². The Labute approximate surface area is 73.6 Å². The molecule has 2 nitrogen and oxygen atoms in total. The topological polar surface area (TPSA) is 40.5 Å². The number of rotatable bonds is 2. The molecule has 12 heavy (non-hydrogen) atoms. The van der Waals surface area contributed by atoms with Crippen LogP contribution in [0.1, 0.15) is 25.7 Å². The van der Waals surface area contributed by atoms with E-state index in [1.165, 1.54) is 25.7 Å². The number of hydrogen-bond donors (Lipinski definition) is 2. The molecular weight excluding hydrogens is 152 g/mol. The first kappa shape index (κ1) is 8.52. The number of aliphatic hydroxyl groups is 2. The smallest absolute Gasteiger partial charge is 0.0465 e. The number of hydrogen-bond acceptors (Lipinski definition) is 2. The van der Waals surface area contributed by atoms with Gasteiger partial charge in [-0.3, -0.25) is 0 Å². The molecule has 3 saturated carbocycles. The predicted octanol–water partition coefficient (Wildman–Crippen LogP) is 1.02. The molecule has 0 unspecified atom stereocenters. The van der Waals surface area contributed by atoms with Crippen molar-refractivity contribution in [3.63, 3.8) is 0 Å². The molecule has 0 radical (unpaired) electrons. The Morgan fingerprint density at radius 1 is 0.750 bits per heavy atom. The van der Waals surface area contributed by atoms with Crippen LogP contribution in [0.5, 0.6) is 0 Å². The van der Waals surface area contributed by atoms with Crippen molar-refractivity contribution in [1.29, 1.82) is 0 Å². The molecule has 2 atom stereocenters. The van der Waals surface area contributed by atoms with Crippen molar-refractivity contribution in [3.8, 4) is 0 Å². The molecule has 0 aromatic rings. The summed E-state index contributed by atoms with van der Waals surface area (Å²) in [6, 6.07) is 0. The second-order valence-corrected chi connectivity index (χ2v) is 4.37. The Balaban J connectivity index is 2.10. The summed E-state index contributed by atoms with van der Waals surface area (Å²) in [4.78, 5) is 0. The van der Waals surface area contributed by atoms with Gasteiger partial charge in [0.25, 0.3) is 0 Å². The summed E-state index contributed by atoms with van der Waals surface area (Å²) in [7, 11) is 0. The number of fused-ring (bicyclic) bond motifs is 3. The third kappa shape index (κ3) is 1.17. The third-order valence-corrected chi connectivity index (χ3v) is 4.00. The maximum absolute atomic E-state index is 9.20. The van der Waals surface area contributed by atoms with Crippen LogP contribution in [0.25, 0.3) is 0 Å². The van der Waals surface area contributed by atoms with E-state index in [4.69, 9.17) is 0 Å². The maximum atomic E-state index is 9.20. The van der Waals surface area contributed by atoms with Crippen molar-refractivity contribution in [2.24, 2.45) is 23.7 Å². The second kappa shape index (κ2) is 3.35. The first-order valence-electron chi connectivity index (χ1n) is 5.08. The minimum atomic E-state index is 0.284. The van der Waals surface area contributed by atoms with E-state index in [-0.39, 0.29) is 13.2 Å². The van der Waals surface area contributed by atoms with Crippen molar-refractivity contribution < 1.29 is 10.2 Å². The highest BCUT2D eigenvalue weighted by molar-refractivity contribution is 4.91. The van der Waals surface area contributed by atoms with Crippen LogP contribution in [0.3, 0.4) is 0 Å². The molecular formula is C10H18O2. The fourth-order valence-electron chi connectivity index (χ4n) is 3.27. The summed E-state index contributed by atoms with van der Waals surface area (Å²) in [5.41, 5.74) is 0. The highest BCUT2D eigenvalue weighted by Gasteiger charge is 2.42. The molecule has 2 bridgehead atoms. The molecule has 3 rings (SSSR count). The Kier molecular flexibility index (Phi) is 2.37. The molecule has 0 spiro atoms. The summed E-state index contributed by atoms with van der Waals surface area (Å²) in [5, 5.41) is 18.4. The van der Waals surface area contributed by atoms with Crippen LogP contribution < -0.4 is 0 Å². The van der Waals surface area contributed by atoms with Crippen LogP contribution in [0.2, 0.25) is 0 Å². The molecule has 2 heteroatoms. The molecule has 2 N–H and O–H groups in total. The van der Waals surface area contributed by atoms with E-state index in [0.29, 0.717) is 23.7 Å². The van der Waals surface area contributed by atoms with Crippen molar-refractivity contribution in [3.05, 3.63) is 0 Å². The van der Waals surface area contributed by atoms with Gasteiger partial charge in [0.1, 0.15) is 0 Å². The fraction of sp³-hybridized carbons (Fsp3) is 1.00. The summed E-state index contributed by atoms with van der Waals surface area (Å²) in [5.74, 6) is 2.22. The van der Waals surface area contributed by atoms with E-state index in [2.05, 4.69) is 0 Å². The minimum Gasteiger partial charge on any atom is -0.396 e. The van der Waals surface area contributed by atoms with Crippen LogP contribution >= 0.6 is 0 Å². The van der Waals surface area contributed by atoms with Crippen LogP contribution in [-0.4, -0.2) is 23.4 Å². The molecule has 3 fully saturated rings. The maximum Gasteiger partial charge on any atom is 0.0465 e. The molecule has 3 aliphatic rings. The van der Waals surface area contributed by atoms with Crippen molar-refractivity contribution in [2.75, 3.05) is 13.2 Å². The normalized spacial score (nSPS) is 46.5. The Morgan fingerprint density at radius 2 is 1.08 bits per heavy atom. The van der Waals surface area contributed by atoms with E-state index in [0.717, 1.165) is 0 Å². The summed E-state index contributed by atoms with van der Waals surface area (Å²) >= 11 is 0. The van der Waals surface area contributed by atoms with E-state index in [1.54, 1.807) is 0 Å². The van der Waals surface area contributed by atoms with Crippen LogP contribution in [-0.2, 0) is 0 Å². The summed E-state index contributed by atoms with van der Waals surface area (Å²) < 4.78 is 0. The molecule has 0 aromatic carbocycles. The van der Waals surface area contributed by atoms with Crippen molar-refractivity contribution in [2.45, 2.75) is 25.7 Å². The Bertz CT molecular complexity index is 132. The second-order valence-electron chi connectivity index (χ2n) is 4.37. The summed E-state index contributed by atoms with van der Waals surface area (Å²) in [6.45, 7) is 0.568. The third-order valence-electron chi connectivity index (χ3n) is 4.00. The van der Waals surface area contributed by atoms with Gasteiger partial charge in [-0.25, -0.2) is 0 Å². The molecule has 3 aliphatic carbocycles. The Hall–Kier alpha value is -0.0800. The van der Waals surface area contributed by atoms with Gasteiger partial charge in [-0.05, 0) is 49.4 Å². The fourth-order valence-corrected chi connectivity index (χ4v) is 3.27. The zero-order valence-corrected chi connectivity index (χ0v) is 7.45. The first-order chi connectivity index (χ1) is 5.86. The molecule has 70 valence electrons. The Morgan fingerprint density at radius 3 is 1.33 bits per heavy atom. The quantitative estimate of drug-likeness (QED) is 0.649. The average molecular weight is 170 g/mol. The molecule has 0 aliphatic heterocycles. The molecule has 0 heterocycles. The van der Waals surface area contributed by atoms with Crippen molar-refractivity contribution in [1.82, 2.24) is 0 Å². The SMILES string of the molecule is OC[C@@H]1C2CCC(CC2)[C@H]1CO. The van der Waals surface area contributed by atoms with Crippen LogP contribution in [0, 0.1) is 23.7 Å². The van der Waals surface area contributed by atoms with Gasteiger partial charge >= 0.3 is 0 Å². The number of aliphatic hydroxyl groups excluding tert-OH is 2. The largest absolute Gasteiger partial charge is 0.396 e. The van der Waals surface area contributed by atoms with E-state index in [9.17, 15) is 10.2 Å². The van der Waals surface area contributed by atoms with Gasteiger partial charge in [0.05, 0.1) is 0 Å². The van der Waals surface area contributed by atoms with Gasteiger partial charge in [-0.2, -0.15) is 0 Å². The highest BCUT2D eigenvalue weighted by Crippen LogP contribution is 2.48. The monoisotopic (exact) mass is 170 g/mol.